The summed E-state index contributed by atoms with van der Waals surface area (Å²) in [5.74, 6) is 1.63. The smallest absolute Gasteiger partial charge is 0.264 e. The minimum absolute atomic E-state index is 0.0754. The molecular formula is C22H28N2O4. The van der Waals surface area contributed by atoms with Crippen LogP contribution in [0.1, 0.15) is 37.7 Å². The molecule has 1 spiro atoms. The van der Waals surface area contributed by atoms with Gasteiger partial charge in [0.1, 0.15) is 11.4 Å². The minimum Gasteiger partial charge on any atom is -0.480 e. The number of hydrogen-bond donors (Lipinski definition) is 0. The predicted molar refractivity (Wildman–Crippen MR) is 103 cm³/mol. The summed E-state index contributed by atoms with van der Waals surface area (Å²) >= 11 is 0. The first-order valence-corrected chi connectivity index (χ1v) is 10.6. The maximum absolute atomic E-state index is 12.8. The van der Waals surface area contributed by atoms with Crippen LogP contribution in [-0.2, 0) is 20.7 Å². The monoisotopic (exact) mass is 384 g/mol. The van der Waals surface area contributed by atoms with Crippen molar-refractivity contribution in [3.63, 3.8) is 0 Å². The molecule has 4 aliphatic heterocycles. The molecule has 0 N–H and O–H groups in total. The Bertz CT molecular complexity index is 739. The highest BCUT2D eigenvalue weighted by Gasteiger charge is 2.50. The summed E-state index contributed by atoms with van der Waals surface area (Å²) in [5, 5.41) is 0. The maximum Gasteiger partial charge on any atom is 0.264 e. The van der Waals surface area contributed by atoms with E-state index in [1.165, 1.54) is 0 Å². The van der Waals surface area contributed by atoms with Crippen molar-refractivity contribution in [3.05, 3.63) is 29.8 Å². The second-order valence-electron chi connectivity index (χ2n) is 8.81. The van der Waals surface area contributed by atoms with Gasteiger partial charge in [0.15, 0.2) is 6.10 Å². The number of likely N-dealkylation sites (tertiary alicyclic amines) is 2. The average molecular weight is 384 g/mol. The first kappa shape index (κ1) is 18.0. The van der Waals surface area contributed by atoms with Crippen molar-refractivity contribution in [2.24, 2.45) is 5.92 Å². The molecular weight excluding hydrogens is 356 g/mol. The number of rotatable bonds is 3. The molecule has 0 saturated carbocycles. The third-order valence-corrected chi connectivity index (χ3v) is 6.73. The summed E-state index contributed by atoms with van der Waals surface area (Å²) in [6, 6.07) is 7.88. The Morgan fingerprint density at radius 1 is 1.21 bits per heavy atom. The molecule has 2 amide bonds. The van der Waals surface area contributed by atoms with Crippen molar-refractivity contribution >= 4 is 11.8 Å². The zero-order valence-electron chi connectivity index (χ0n) is 16.3. The van der Waals surface area contributed by atoms with E-state index in [1.54, 1.807) is 0 Å². The number of nitrogens with zero attached hydrogens (tertiary/aromatic N) is 2. The second kappa shape index (κ2) is 7.07. The lowest BCUT2D eigenvalue weighted by atomic mass is 9.82. The van der Waals surface area contributed by atoms with Gasteiger partial charge in [-0.1, -0.05) is 18.2 Å². The molecule has 28 heavy (non-hydrogen) atoms. The molecule has 6 heteroatoms. The quantitative estimate of drug-likeness (QED) is 0.800. The highest BCUT2D eigenvalue weighted by molar-refractivity contribution is 5.83. The van der Waals surface area contributed by atoms with Crippen molar-refractivity contribution in [3.8, 4) is 5.75 Å². The summed E-state index contributed by atoms with van der Waals surface area (Å²) in [4.78, 5) is 28.7. The largest absolute Gasteiger partial charge is 0.480 e. The molecule has 150 valence electrons. The Kier molecular flexibility index (Phi) is 4.54. The van der Waals surface area contributed by atoms with Crippen LogP contribution < -0.4 is 4.74 Å². The fourth-order valence-electron chi connectivity index (χ4n) is 5.01. The molecule has 0 aromatic heterocycles. The fraction of sp³-hybridized carbons (Fsp3) is 0.636. The number of carbonyl (C=O) groups excluding carboxylic acids is 2. The van der Waals surface area contributed by atoms with Crippen LogP contribution in [0.25, 0.3) is 0 Å². The lowest BCUT2D eigenvalue weighted by Gasteiger charge is -2.53. The summed E-state index contributed by atoms with van der Waals surface area (Å²) in [6.45, 7) is 3.74. The van der Waals surface area contributed by atoms with Gasteiger partial charge in [0.25, 0.3) is 5.91 Å². The van der Waals surface area contributed by atoms with E-state index in [-0.39, 0.29) is 11.5 Å². The summed E-state index contributed by atoms with van der Waals surface area (Å²) in [5.41, 5.74) is 0.934. The average Bonchev–Trinajstić information content (AvgIpc) is 3.12. The molecule has 2 atom stereocenters. The SMILES string of the molecule is O=C1CCCCN1C[C@H]1CCC2(CN(C(=O)[C@@H]3Cc4ccccc4O3)C2)OC1. The molecule has 4 heterocycles. The maximum atomic E-state index is 12.8. The molecule has 5 rings (SSSR count). The van der Waals surface area contributed by atoms with E-state index in [2.05, 4.69) is 0 Å². The molecule has 4 aliphatic rings. The van der Waals surface area contributed by atoms with Crippen molar-refractivity contribution in [1.29, 1.82) is 0 Å². The topological polar surface area (TPSA) is 59.1 Å². The Labute approximate surface area is 165 Å². The number of ether oxygens (including phenoxy) is 2. The van der Waals surface area contributed by atoms with Crippen LogP contribution in [0.4, 0.5) is 0 Å². The number of carbonyl (C=O) groups is 2. The Balaban J connectivity index is 1.10. The first-order valence-electron chi connectivity index (χ1n) is 10.6. The highest BCUT2D eigenvalue weighted by atomic mass is 16.5. The van der Waals surface area contributed by atoms with Crippen molar-refractivity contribution in [1.82, 2.24) is 9.80 Å². The molecule has 1 aromatic carbocycles. The van der Waals surface area contributed by atoms with E-state index in [4.69, 9.17) is 9.47 Å². The lowest BCUT2D eigenvalue weighted by molar-refractivity contribution is -0.193. The van der Waals surface area contributed by atoms with Gasteiger partial charge >= 0.3 is 0 Å². The van der Waals surface area contributed by atoms with Crippen molar-refractivity contribution in [2.45, 2.75) is 50.2 Å². The molecule has 3 fully saturated rings. The number of benzene rings is 1. The van der Waals surface area contributed by atoms with E-state index in [0.29, 0.717) is 44.4 Å². The van der Waals surface area contributed by atoms with Gasteiger partial charge in [-0.15, -0.1) is 0 Å². The van der Waals surface area contributed by atoms with Crippen LogP contribution in [0.15, 0.2) is 24.3 Å². The van der Waals surface area contributed by atoms with E-state index in [1.807, 2.05) is 34.1 Å². The van der Waals surface area contributed by atoms with Gasteiger partial charge in [-0.2, -0.15) is 0 Å². The van der Waals surface area contributed by atoms with Gasteiger partial charge in [-0.05, 0) is 37.3 Å². The predicted octanol–water partition coefficient (Wildman–Crippen LogP) is 2.01. The number of amides is 2. The van der Waals surface area contributed by atoms with E-state index in [9.17, 15) is 9.59 Å². The summed E-state index contributed by atoms with van der Waals surface area (Å²) < 4.78 is 12.1. The van der Waals surface area contributed by atoms with Gasteiger partial charge in [0.2, 0.25) is 5.91 Å². The Morgan fingerprint density at radius 2 is 2.07 bits per heavy atom. The number of para-hydroxylation sites is 1. The van der Waals surface area contributed by atoms with Crippen LogP contribution in [-0.4, -0.2) is 66.1 Å². The van der Waals surface area contributed by atoms with Gasteiger partial charge in [-0.3, -0.25) is 9.59 Å². The Morgan fingerprint density at radius 3 is 2.82 bits per heavy atom. The third-order valence-electron chi connectivity index (χ3n) is 6.73. The Hall–Kier alpha value is -2.08. The number of piperidine rings is 1. The van der Waals surface area contributed by atoms with Crippen LogP contribution in [0.2, 0.25) is 0 Å². The lowest BCUT2D eigenvalue weighted by Crippen LogP contribution is -2.68. The minimum atomic E-state index is -0.392. The van der Waals surface area contributed by atoms with Crippen LogP contribution in [0.5, 0.6) is 5.75 Å². The second-order valence-corrected chi connectivity index (χ2v) is 8.81. The normalized spacial score (nSPS) is 28.6. The summed E-state index contributed by atoms with van der Waals surface area (Å²) in [7, 11) is 0. The van der Waals surface area contributed by atoms with Gasteiger partial charge < -0.3 is 19.3 Å². The van der Waals surface area contributed by atoms with Crippen LogP contribution in [0.3, 0.4) is 0 Å². The highest BCUT2D eigenvalue weighted by Crippen LogP contribution is 2.38. The molecule has 3 saturated heterocycles. The van der Waals surface area contributed by atoms with Crippen molar-refractivity contribution < 1.29 is 19.1 Å². The number of hydrogen-bond acceptors (Lipinski definition) is 4. The van der Waals surface area contributed by atoms with E-state index < -0.39 is 6.10 Å². The van der Waals surface area contributed by atoms with Gasteiger partial charge in [0, 0.05) is 31.8 Å². The van der Waals surface area contributed by atoms with Gasteiger partial charge in [-0.25, -0.2) is 0 Å². The van der Waals surface area contributed by atoms with Crippen molar-refractivity contribution in [2.75, 3.05) is 32.8 Å². The van der Waals surface area contributed by atoms with E-state index in [0.717, 1.165) is 50.1 Å². The van der Waals surface area contributed by atoms with Gasteiger partial charge in [0.05, 0.1) is 19.7 Å². The molecule has 0 aliphatic carbocycles. The van der Waals surface area contributed by atoms with E-state index >= 15 is 0 Å². The van der Waals surface area contributed by atoms with Crippen LogP contribution in [0, 0.1) is 5.92 Å². The molecule has 0 unspecified atom stereocenters. The zero-order chi connectivity index (χ0) is 19.1. The fourth-order valence-corrected chi connectivity index (χ4v) is 5.01. The molecule has 0 radical (unpaired) electrons. The standard InChI is InChI=1S/C22H28N2O4/c25-20-7-3-4-10-23(20)12-16-8-9-22(27-13-16)14-24(15-22)21(26)19-11-17-5-1-2-6-18(17)28-19/h1-2,5-6,16,19H,3-4,7-15H2/t16-,19+/m1/s1. The third kappa shape index (κ3) is 3.28. The zero-order valence-corrected chi connectivity index (χ0v) is 16.3. The first-order chi connectivity index (χ1) is 13.6. The molecule has 0 bridgehead atoms. The number of fused-ring (bicyclic) bond motifs is 1. The van der Waals surface area contributed by atoms with Crippen LogP contribution >= 0.6 is 0 Å². The molecule has 6 nitrogen and oxygen atoms in total. The molecule has 1 aromatic rings. The summed E-state index contributed by atoms with van der Waals surface area (Å²) in [6.07, 6.45) is 5.14.